The van der Waals surface area contributed by atoms with Crippen molar-refractivity contribution in [2.24, 2.45) is 0 Å². The predicted octanol–water partition coefficient (Wildman–Crippen LogP) is 8.10. The molecule has 0 aliphatic rings. The van der Waals surface area contributed by atoms with Crippen molar-refractivity contribution in [1.29, 1.82) is 0 Å². The van der Waals surface area contributed by atoms with Crippen LogP contribution in [0.5, 0.6) is 17.2 Å². The number of para-hydroxylation sites is 2. The van der Waals surface area contributed by atoms with Gasteiger partial charge in [0.25, 0.3) is 5.91 Å². The van der Waals surface area contributed by atoms with E-state index in [1.54, 1.807) is 18.2 Å². The van der Waals surface area contributed by atoms with E-state index in [-0.39, 0.29) is 36.9 Å². The zero-order valence-corrected chi connectivity index (χ0v) is 25.8. The number of nitrogens with one attached hydrogen (secondary N) is 1. The van der Waals surface area contributed by atoms with Gasteiger partial charge in [-0.2, -0.15) is 0 Å². The minimum Gasteiger partial charge on any atom is -0.480 e. The van der Waals surface area contributed by atoms with Gasteiger partial charge in [0.2, 0.25) is 0 Å². The van der Waals surface area contributed by atoms with Crippen LogP contribution in [0, 0.1) is 0 Å². The summed E-state index contributed by atoms with van der Waals surface area (Å²) in [5.74, 6) is -0.145. The highest BCUT2D eigenvalue weighted by molar-refractivity contribution is 5.94. The van der Waals surface area contributed by atoms with Gasteiger partial charge in [-0.05, 0) is 71.1 Å². The number of rotatable bonds is 14. The third-order valence-corrected chi connectivity index (χ3v) is 7.39. The Labute approximate surface area is 276 Å². The van der Waals surface area contributed by atoms with Crippen molar-refractivity contribution in [2.75, 3.05) is 13.1 Å². The fourth-order valence-corrected chi connectivity index (χ4v) is 5.10. The zero-order valence-electron chi connectivity index (χ0n) is 25.8. The van der Waals surface area contributed by atoms with Crippen LogP contribution in [0.25, 0.3) is 11.1 Å². The number of hydrogen-bond donors (Lipinski definition) is 2. The molecule has 0 spiro atoms. The minimum absolute atomic E-state index is 0.0557. The Morgan fingerprint density at radius 1 is 0.688 bits per heavy atom. The Kier molecular flexibility index (Phi) is 11.1. The summed E-state index contributed by atoms with van der Waals surface area (Å²) in [6.45, 7) is 0.236. The van der Waals surface area contributed by atoms with Crippen LogP contribution in [-0.2, 0) is 24.3 Å². The van der Waals surface area contributed by atoms with Crippen molar-refractivity contribution in [2.45, 2.75) is 25.9 Å². The van der Waals surface area contributed by atoms with Crippen LogP contribution in [0.1, 0.15) is 27.0 Å². The number of carboxylic acid groups (broad SMARTS) is 1. The molecule has 0 aliphatic carbocycles. The molecule has 0 radical (unpaired) electrons. The van der Waals surface area contributed by atoms with Gasteiger partial charge >= 0.3 is 12.3 Å². The van der Waals surface area contributed by atoms with Gasteiger partial charge in [-0.15, -0.1) is 13.2 Å². The van der Waals surface area contributed by atoms with Crippen molar-refractivity contribution in [3.05, 3.63) is 150 Å². The molecule has 0 aliphatic heterocycles. The molecule has 0 fully saturated rings. The lowest BCUT2D eigenvalue weighted by Crippen LogP contribution is -2.29. The highest BCUT2D eigenvalue weighted by Crippen LogP contribution is 2.28. The number of carbonyl (C=O) groups is 2. The van der Waals surface area contributed by atoms with Gasteiger partial charge in [-0.1, -0.05) is 84.9 Å². The van der Waals surface area contributed by atoms with E-state index in [0.717, 1.165) is 33.8 Å². The first-order valence-corrected chi connectivity index (χ1v) is 15.2. The quantitative estimate of drug-likeness (QED) is 0.126. The molecule has 0 saturated heterocycles. The van der Waals surface area contributed by atoms with Gasteiger partial charge in [-0.25, -0.2) is 0 Å². The summed E-state index contributed by atoms with van der Waals surface area (Å²) in [5, 5.41) is 12.4. The molecule has 246 valence electrons. The summed E-state index contributed by atoms with van der Waals surface area (Å²) in [5.41, 5.74) is 4.38. The topological polar surface area (TPSA) is 88.1 Å². The number of carbonyl (C=O) groups excluding carboxylic acids is 1. The second kappa shape index (κ2) is 15.8. The fourth-order valence-electron chi connectivity index (χ4n) is 5.10. The molecule has 1 amide bonds. The lowest BCUT2D eigenvalue weighted by Gasteiger charge is -2.22. The van der Waals surface area contributed by atoms with E-state index in [9.17, 15) is 27.9 Å². The van der Waals surface area contributed by atoms with Gasteiger partial charge < -0.3 is 19.9 Å². The minimum atomic E-state index is -4.86. The molecule has 0 heterocycles. The fraction of sp³-hybridized carbons (Fsp3) is 0.158. The number of hydrogen-bond acceptors (Lipinski definition) is 5. The number of nitrogens with zero attached hydrogens (tertiary/aromatic N) is 1. The highest BCUT2D eigenvalue weighted by Gasteiger charge is 2.32. The first-order valence-electron chi connectivity index (χ1n) is 15.2. The molecule has 0 saturated carbocycles. The summed E-state index contributed by atoms with van der Waals surface area (Å²) >= 11 is 0. The van der Waals surface area contributed by atoms with E-state index in [0.29, 0.717) is 18.5 Å². The lowest BCUT2D eigenvalue weighted by molar-refractivity contribution is -0.275. The lowest BCUT2D eigenvalue weighted by atomic mass is 10.0. The molecule has 10 heteroatoms. The first-order chi connectivity index (χ1) is 23.1. The largest absolute Gasteiger partial charge is 0.573 e. The second-order valence-electron chi connectivity index (χ2n) is 11.0. The second-order valence-corrected chi connectivity index (χ2v) is 11.0. The number of benzene rings is 5. The Balaban J connectivity index is 1.13. The van der Waals surface area contributed by atoms with Gasteiger partial charge in [0.05, 0.1) is 6.54 Å². The summed E-state index contributed by atoms with van der Waals surface area (Å²) < 4.78 is 48.6. The predicted molar refractivity (Wildman–Crippen MR) is 176 cm³/mol. The Bertz CT molecular complexity index is 1790. The Hall–Kier alpha value is -5.61. The zero-order chi connectivity index (χ0) is 33.9. The number of ether oxygens (including phenoxy) is 2. The summed E-state index contributed by atoms with van der Waals surface area (Å²) in [6.07, 6.45) is -4.20. The molecule has 0 unspecified atom stereocenters. The SMILES string of the molecule is O=C(O)CN(Cc1ccc(-c2ccc(C(=O)NCCc3ccc(Oc4ccccc4)cc3)cc2)cc1)Cc1ccccc1OC(F)(F)F. The normalized spacial score (nSPS) is 11.2. The number of alkyl halides is 3. The number of halogens is 3. The molecule has 7 nitrogen and oxygen atoms in total. The van der Waals surface area contributed by atoms with Crippen LogP contribution in [0.4, 0.5) is 13.2 Å². The maximum atomic E-state index is 12.9. The molecular weight excluding hydrogens is 621 g/mol. The first kappa shape index (κ1) is 33.7. The summed E-state index contributed by atoms with van der Waals surface area (Å²) in [4.78, 5) is 25.8. The van der Waals surface area contributed by atoms with E-state index in [1.165, 1.54) is 23.1 Å². The van der Waals surface area contributed by atoms with E-state index < -0.39 is 12.3 Å². The van der Waals surface area contributed by atoms with Gasteiger partial charge in [0.1, 0.15) is 17.2 Å². The molecule has 5 aromatic carbocycles. The van der Waals surface area contributed by atoms with Crippen LogP contribution in [-0.4, -0.2) is 41.3 Å². The third kappa shape index (κ3) is 10.2. The Morgan fingerprint density at radius 2 is 1.27 bits per heavy atom. The maximum Gasteiger partial charge on any atom is 0.573 e. The molecule has 2 N–H and O–H groups in total. The third-order valence-electron chi connectivity index (χ3n) is 7.39. The van der Waals surface area contributed by atoms with E-state index >= 15 is 0 Å². The maximum absolute atomic E-state index is 12.9. The molecular formula is C38H33F3N2O5. The van der Waals surface area contributed by atoms with Crippen molar-refractivity contribution >= 4 is 11.9 Å². The average molecular weight is 655 g/mol. The van der Waals surface area contributed by atoms with Crippen LogP contribution < -0.4 is 14.8 Å². The van der Waals surface area contributed by atoms with E-state index in [4.69, 9.17) is 4.74 Å². The van der Waals surface area contributed by atoms with Crippen molar-refractivity contribution < 1.29 is 37.3 Å². The summed E-state index contributed by atoms with van der Waals surface area (Å²) in [7, 11) is 0. The Morgan fingerprint density at radius 3 is 1.92 bits per heavy atom. The van der Waals surface area contributed by atoms with Gasteiger partial charge in [0, 0.05) is 30.8 Å². The number of aliphatic carboxylic acids is 1. The van der Waals surface area contributed by atoms with Crippen molar-refractivity contribution in [1.82, 2.24) is 10.2 Å². The van der Waals surface area contributed by atoms with E-state index in [2.05, 4.69) is 10.1 Å². The molecule has 0 aromatic heterocycles. The monoisotopic (exact) mass is 654 g/mol. The molecule has 0 bridgehead atoms. The smallest absolute Gasteiger partial charge is 0.480 e. The average Bonchev–Trinajstić information content (AvgIpc) is 3.06. The van der Waals surface area contributed by atoms with Crippen LogP contribution in [0.3, 0.4) is 0 Å². The standard InChI is InChI=1S/C38H33F3N2O5/c39-38(40,41)48-35-9-5-4-6-32(35)25-43(26-36(44)45)24-28-10-14-29(15-11-28)30-16-18-31(19-17-30)37(46)42-23-22-27-12-20-34(21-13-27)47-33-7-2-1-3-8-33/h1-21H,22-26H2,(H,42,46)(H,44,45). The van der Waals surface area contributed by atoms with Crippen LogP contribution in [0.2, 0.25) is 0 Å². The molecule has 5 aromatic rings. The van der Waals surface area contributed by atoms with Crippen molar-refractivity contribution in [3.8, 4) is 28.4 Å². The van der Waals surface area contributed by atoms with Gasteiger partial charge in [-0.3, -0.25) is 14.5 Å². The number of carboxylic acids is 1. The molecule has 0 atom stereocenters. The van der Waals surface area contributed by atoms with Crippen LogP contribution >= 0.6 is 0 Å². The highest BCUT2D eigenvalue weighted by atomic mass is 19.4. The van der Waals surface area contributed by atoms with Gasteiger partial charge in [0.15, 0.2) is 0 Å². The molecule has 5 rings (SSSR count). The van der Waals surface area contributed by atoms with Crippen LogP contribution in [0.15, 0.2) is 127 Å². The number of amides is 1. The van der Waals surface area contributed by atoms with Crippen molar-refractivity contribution in [3.63, 3.8) is 0 Å². The summed E-state index contributed by atoms with van der Waals surface area (Å²) in [6, 6.07) is 37.6. The van der Waals surface area contributed by atoms with E-state index in [1.807, 2.05) is 91.0 Å². The molecule has 48 heavy (non-hydrogen) atoms.